The summed E-state index contributed by atoms with van der Waals surface area (Å²) >= 11 is 0. The monoisotopic (exact) mass is 141 g/mol. The molecule has 1 atom stereocenters. The summed E-state index contributed by atoms with van der Waals surface area (Å²) in [5.74, 6) is 4.65. The van der Waals surface area contributed by atoms with Gasteiger partial charge in [0.2, 0.25) is 5.91 Å². The lowest BCUT2D eigenvalue weighted by molar-refractivity contribution is -0.119. The van der Waals surface area contributed by atoms with Gasteiger partial charge in [-0.1, -0.05) is 11.8 Å². The van der Waals surface area contributed by atoms with E-state index in [4.69, 9.17) is 17.2 Å². The summed E-state index contributed by atoms with van der Waals surface area (Å²) in [5.41, 5.74) is 15.2. The van der Waals surface area contributed by atoms with Crippen molar-refractivity contribution in [3.05, 3.63) is 0 Å². The highest BCUT2D eigenvalue weighted by Gasteiger charge is 2.04. The van der Waals surface area contributed by atoms with Gasteiger partial charge in [0.25, 0.3) is 0 Å². The van der Waals surface area contributed by atoms with Gasteiger partial charge in [-0.05, 0) is 0 Å². The zero-order valence-electron chi connectivity index (χ0n) is 5.63. The number of primary amides is 1. The van der Waals surface area contributed by atoms with Gasteiger partial charge in [-0.2, -0.15) is 0 Å². The summed E-state index contributed by atoms with van der Waals surface area (Å²) in [6, 6.07) is -0.668. The maximum Gasteiger partial charge on any atom is 0.235 e. The number of hydrogen-bond acceptors (Lipinski definition) is 3. The topological polar surface area (TPSA) is 95.1 Å². The molecule has 10 heavy (non-hydrogen) atoms. The molecule has 1 amide bonds. The first kappa shape index (κ1) is 8.95. The van der Waals surface area contributed by atoms with E-state index in [0.717, 1.165) is 0 Å². The third kappa shape index (κ3) is 3.89. The third-order valence-corrected chi connectivity index (χ3v) is 0.914. The number of rotatable bonds is 2. The van der Waals surface area contributed by atoms with Crippen LogP contribution in [0.25, 0.3) is 0 Å². The van der Waals surface area contributed by atoms with Gasteiger partial charge in [0, 0.05) is 6.42 Å². The smallest absolute Gasteiger partial charge is 0.235 e. The number of carbonyl (C=O) groups is 1. The lowest BCUT2D eigenvalue weighted by Gasteiger charge is -1.98. The van der Waals surface area contributed by atoms with Gasteiger partial charge in [-0.3, -0.25) is 4.79 Å². The van der Waals surface area contributed by atoms with E-state index in [1.165, 1.54) is 0 Å². The Bertz CT molecular complexity index is 168. The molecule has 0 aromatic carbocycles. The van der Waals surface area contributed by atoms with Gasteiger partial charge in [-0.25, -0.2) is 0 Å². The van der Waals surface area contributed by atoms with Crippen LogP contribution in [0.3, 0.4) is 0 Å². The van der Waals surface area contributed by atoms with E-state index < -0.39 is 11.9 Å². The highest BCUT2D eigenvalue weighted by atomic mass is 16.1. The molecule has 0 bridgehead atoms. The Morgan fingerprint density at radius 2 is 2.10 bits per heavy atom. The van der Waals surface area contributed by atoms with Crippen LogP contribution in [-0.4, -0.2) is 18.5 Å². The average Bonchev–Trinajstić information content (AvgIpc) is 1.88. The van der Waals surface area contributed by atoms with E-state index in [2.05, 4.69) is 11.8 Å². The molecular formula is C6H11N3O. The Hall–Kier alpha value is -1.05. The second kappa shape index (κ2) is 4.79. The van der Waals surface area contributed by atoms with Crippen molar-refractivity contribution in [1.82, 2.24) is 0 Å². The van der Waals surface area contributed by atoms with Crippen molar-refractivity contribution < 1.29 is 4.79 Å². The van der Waals surface area contributed by atoms with Crippen molar-refractivity contribution in [3.8, 4) is 11.8 Å². The van der Waals surface area contributed by atoms with Crippen LogP contribution >= 0.6 is 0 Å². The molecule has 4 nitrogen and oxygen atoms in total. The van der Waals surface area contributed by atoms with Crippen molar-refractivity contribution in [2.75, 3.05) is 6.54 Å². The van der Waals surface area contributed by atoms with E-state index in [-0.39, 0.29) is 13.0 Å². The summed E-state index contributed by atoms with van der Waals surface area (Å²) < 4.78 is 0. The first-order valence-electron chi connectivity index (χ1n) is 2.89. The molecular weight excluding hydrogens is 130 g/mol. The normalized spacial score (nSPS) is 11.4. The minimum absolute atomic E-state index is 0.283. The van der Waals surface area contributed by atoms with Crippen LogP contribution in [0.5, 0.6) is 0 Å². The second-order valence-electron chi connectivity index (χ2n) is 1.77. The molecule has 0 saturated heterocycles. The summed E-state index contributed by atoms with van der Waals surface area (Å²) in [6.45, 7) is 0.283. The number of carbonyl (C=O) groups excluding carboxylic acids is 1. The predicted octanol–water partition coefficient (Wildman–Crippen LogP) is -1.85. The summed E-state index contributed by atoms with van der Waals surface area (Å²) in [5, 5.41) is 0. The Morgan fingerprint density at radius 1 is 1.50 bits per heavy atom. The van der Waals surface area contributed by atoms with Crippen molar-refractivity contribution in [2.24, 2.45) is 17.2 Å². The minimum Gasteiger partial charge on any atom is -0.368 e. The molecule has 56 valence electrons. The molecule has 0 radical (unpaired) electrons. The van der Waals surface area contributed by atoms with Crippen LogP contribution < -0.4 is 17.2 Å². The van der Waals surface area contributed by atoms with Gasteiger partial charge in [-0.15, -0.1) is 0 Å². The van der Waals surface area contributed by atoms with Gasteiger partial charge >= 0.3 is 0 Å². The molecule has 0 fully saturated rings. The van der Waals surface area contributed by atoms with Gasteiger partial charge in [0.15, 0.2) is 0 Å². The molecule has 0 aliphatic heterocycles. The molecule has 0 saturated carbocycles. The standard InChI is InChI=1S/C6H11N3O/c7-4-2-1-3-5(8)6(9)10/h5H,3-4,7-8H2,(H2,9,10). The molecule has 0 aliphatic rings. The van der Waals surface area contributed by atoms with Crippen molar-refractivity contribution in [2.45, 2.75) is 12.5 Å². The zero-order chi connectivity index (χ0) is 7.98. The fourth-order valence-corrected chi connectivity index (χ4v) is 0.355. The lowest BCUT2D eigenvalue weighted by atomic mass is 10.2. The van der Waals surface area contributed by atoms with Gasteiger partial charge in [0.05, 0.1) is 12.6 Å². The fourth-order valence-electron chi connectivity index (χ4n) is 0.355. The molecule has 1 unspecified atom stereocenters. The minimum atomic E-state index is -0.668. The summed E-state index contributed by atoms with van der Waals surface area (Å²) in [7, 11) is 0. The number of hydrogen-bond donors (Lipinski definition) is 3. The maximum absolute atomic E-state index is 10.3. The van der Waals surface area contributed by atoms with Gasteiger partial charge in [0.1, 0.15) is 0 Å². The Balaban J connectivity index is 3.58. The highest BCUT2D eigenvalue weighted by Crippen LogP contribution is 1.81. The summed E-state index contributed by atoms with van der Waals surface area (Å²) in [4.78, 5) is 10.3. The lowest BCUT2D eigenvalue weighted by Crippen LogP contribution is -2.35. The largest absolute Gasteiger partial charge is 0.368 e. The maximum atomic E-state index is 10.3. The quantitative estimate of drug-likeness (QED) is 0.394. The van der Waals surface area contributed by atoms with Crippen LogP contribution in [-0.2, 0) is 4.79 Å². The van der Waals surface area contributed by atoms with Gasteiger partial charge < -0.3 is 17.2 Å². The van der Waals surface area contributed by atoms with Crippen LogP contribution in [0.4, 0.5) is 0 Å². The van der Waals surface area contributed by atoms with Crippen LogP contribution in [0.1, 0.15) is 6.42 Å². The first-order chi connectivity index (χ1) is 4.68. The average molecular weight is 141 g/mol. The molecule has 0 aromatic heterocycles. The highest BCUT2D eigenvalue weighted by molar-refractivity contribution is 5.79. The fraction of sp³-hybridized carbons (Fsp3) is 0.500. The molecule has 0 spiro atoms. The molecule has 0 heterocycles. The van der Waals surface area contributed by atoms with E-state index >= 15 is 0 Å². The Labute approximate surface area is 59.7 Å². The van der Waals surface area contributed by atoms with Crippen molar-refractivity contribution in [1.29, 1.82) is 0 Å². The van der Waals surface area contributed by atoms with Crippen molar-refractivity contribution in [3.63, 3.8) is 0 Å². The second-order valence-corrected chi connectivity index (χ2v) is 1.77. The molecule has 0 rings (SSSR count). The molecule has 0 aliphatic carbocycles. The van der Waals surface area contributed by atoms with E-state index in [1.54, 1.807) is 0 Å². The third-order valence-electron chi connectivity index (χ3n) is 0.914. The van der Waals surface area contributed by atoms with Crippen LogP contribution in [0, 0.1) is 11.8 Å². The first-order valence-corrected chi connectivity index (χ1v) is 2.89. The zero-order valence-corrected chi connectivity index (χ0v) is 5.63. The number of nitrogens with two attached hydrogens (primary N) is 3. The Kier molecular flexibility index (Phi) is 4.29. The summed E-state index contributed by atoms with van der Waals surface area (Å²) in [6.07, 6.45) is 0.284. The Morgan fingerprint density at radius 3 is 2.50 bits per heavy atom. The number of amides is 1. The van der Waals surface area contributed by atoms with Crippen LogP contribution in [0.2, 0.25) is 0 Å². The van der Waals surface area contributed by atoms with Crippen molar-refractivity contribution >= 4 is 5.91 Å². The van der Waals surface area contributed by atoms with E-state index in [1.807, 2.05) is 0 Å². The van der Waals surface area contributed by atoms with Crippen LogP contribution in [0.15, 0.2) is 0 Å². The predicted molar refractivity (Wildman–Crippen MR) is 38.6 cm³/mol. The van der Waals surface area contributed by atoms with E-state index in [0.29, 0.717) is 0 Å². The van der Waals surface area contributed by atoms with E-state index in [9.17, 15) is 4.79 Å². The molecule has 4 heteroatoms. The molecule has 6 N–H and O–H groups in total. The molecule has 0 aromatic rings. The SMILES string of the molecule is NCC#CCC(N)C(N)=O.